The van der Waals surface area contributed by atoms with E-state index in [-0.39, 0.29) is 17.3 Å². The van der Waals surface area contributed by atoms with E-state index < -0.39 is 0 Å². The molecule has 0 atom stereocenters. The van der Waals surface area contributed by atoms with Crippen molar-refractivity contribution in [2.24, 2.45) is 0 Å². The van der Waals surface area contributed by atoms with Crippen LogP contribution in [-0.2, 0) is 11.2 Å². The quantitative estimate of drug-likeness (QED) is 0.397. The number of piperidine rings is 1. The highest BCUT2D eigenvalue weighted by molar-refractivity contribution is 6.10. The van der Waals surface area contributed by atoms with Gasteiger partial charge in [-0.25, -0.2) is 4.39 Å². The molecule has 2 fully saturated rings. The van der Waals surface area contributed by atoms with Crippen LogP contribution in [0, 0.1) is 12.7 Å². The van der Waals surface area contributed by atoms with E-state index in [9.17, 15) is 4.79 Å². The van der Waals surface area contributed by atoms with E-state index in [0.29, 0.717) is 40.1 Å². The minimum Gasteiger partial charge on any atom is -0.379 e. The summed E-state index contributed by atoms with van der Waals surface area (Å²) in [5.41, 5.74) is 4.65. The van der Waals surface area contributed by atoms with Crippen molar-refractivity contribution in [3.8, 4) is 0 Å². The van der Waals surface area contributed by atoms with Crippen molar-refractivity contribution in [3.63, 3.8) is 0 Å². The van der Waals surface area contributed by atoms with Gasteiger partial charge < -0.3 is 19.2 Å². The van der Waals surface area contributed by atoms with Gasteiger partial charge in [0.25, 0.3) is 0 Å². The lowest BCUT2D eigenvalue weighted by molar-refractivity contribution is 0.0115. The van der Waals surface area contributed by atoms with E-state index in [2.05, 4.69) is 41.6 Å². The highest BCUT2D eigenvalue weighted by Crippen LogP contribution is 2.37. The molecule has 6 nitrogen and oxygen atoms in total. The van der Waals surface area contributed by atoms with Crippen molar-refractivity contribution >= 4 is 38.5 Å². The van der Waals surface area contributed by atoms with Gasteiger partial charge in [0.15, 0.2) is 11.2 Å². The molecule has 0 amide bonds. The summed E-state index contributed by atoms with van der Waals surface area (Å²) in [6.07, 6.45) is 2.70. The molecule has 4 heterocycles. The molecule has 2 aromatic heterocycles. The van der Waals surface area contributed by atoms with Crippen LogP contribution >= 0.6 is 0 Å². The SMILES string of the molecule is CCc1cc2c(=O)c3c4ccc(C)cc4[nH]c3n(C(C)C)c2c(F)c1N1CCC(N2CCOCC2)CC1. The van der Waals surface area contributed by atoms with Crippen molar-refractivity contribution < 1.29 is 9.13 Å². The first kappa shape index (κ1) is 24.4. The van der Waals surface area contributed by atoms with Crippen LogP contribution in [0.15, 0.2) is 29.1 Å². The second-order valence-corrected chi connectivity index (χ2v) is 11.0. The van der Waals surface area contributed by atoms with E-state index in [0.717, 1.165) is 74.3 Å². The van der Waals surface area contributed by atoms with Gasteiger partial charge in [-0.2, -0.15) is 0 Å². The molecular weight excluding hydrogens is 467 g/mol. The van der Waals surface area contributed by atoms with Gasteiger partial charge in [-0.1, -0.05) is 19.1 Å². The number of morpholine rings is 1. The summed E-state index contributed by atoms with van der Waals surface area (Å²) in [6.45, 7) is 13.4. The van der Waals surface area contributed by atoms with Gasteiger partial charge in [-0.3, -0.25) is 9.69 Å². The Morgan fingerprint density at radius 2 is 1.81 bits per heavy atom. The predicted molar refractivity (Wildman–Crippen MR) is 150 cm³/mol. The molecule has 2 aliphatic heterocycles. The summed E-state index contributed by atoms with van der Waals surface area (Å²) >= 11 is 0. The molecule has 0 radical (unpaired) electrons. The number of aromatic nitrogens is 2. The van der Waals surface area contributed by atoms with E-state index >= 15 is 4.39 Å². The molecule has 4 aromatic rings. The monoisotopic (exact) mass is 504 g/mol. The van der Waals surface area contributed by atoms with Gasteiger partial charge >= 0.3 is 0 Å². The fourth-order valence-corrected chi connectivity index (χ4v) is 6.57. The number of rotatable bonds is 4. The molecule has 7 heteroatoms. The fraction of sp³-hybridized carbons (Fsp3) is 0.500. The first-order valence-electron chi connectivity index (χ1n) is 13.8. The minimum atomic E-state index is -0.262. The molecule has 1 N–H and O–H groups in total. The second kappa shape index (κ2) is 9.44. The topological polar surface area (TPSA) is 53.5 Å². The molecule has 0 saturated carbocycles. The van der Waals surface area contributed by atoms with Crippen molar-refractivity contribution in [1.29, 1.82) is 0 Å². The first-order chi connectivity index (χ1) is 17.9. The third-order valence-corrected chi connectivity index (χ3v) is 8.42. The first-order valence-corrected chi connectivity index (χ1v) is 13.8. The maximum Gasteiger partial charge on any atom is 0.199 e. The Morgan fingerprint density at radius 3 is 2.49 bits per heavy atom. The Balaban J connectivity index is 1.52. The van der Waals surface area contributed by atoms with E-state index in [1.165, 1.54) is 0 Å². The van der Waals surface area contributed by atoms with Gasteiger partial charge in [-0.15, -0.1) is 0 Å². The summed E-state index contributed by atoms with van der Waals surface area (Å²) in [7, 11) is 0. The molecule has 0 bridgehead atoms. The van der Waals surface area contributed by atoms with Crippen LogP contribution in [0.5, 0.6) is 0 Å². The van der Waals surface area contributed by atoms with Crippen LogP contribution in [-0.4, -0.2) is 59.9 Å². The summed E-state index contributed by atoms with van der Waals surface area (Å²) in [5, 5.41) is 2.02. The molecule has 2 aliphatic rings. The third-order valence-electron chi connectivity index (χ3n) is 8.42. The van der Waals surface area contributed by atoms with Gasteiger partial charge in [0.2, 0.25) is 0 Å². The van der Waals surface area contributed by atoms with Gasteiger partial charge in [0.1, 0.15) is 5.65 Å². The average Bonchev–Trinajstić information content (AvgIpc) is 3.28. The van der Waals surface area contributed by atoms with Gasteiger partial charge in [-0.05, 0) is 63.3 Å². The fourth-order valence-electron chi connectivity index (χ4n) is 6.57. The van der Waals surface area contributed by atoms with E-state index in [1.54, 1.807) is 0 Å². The molecule has 196 valence electrons. The number of pyridine rings is 1. The second-order valence-electron chi connectivity index (χ2n) is 11.0. The summed E-state index contributed by atoms with van der Waals surface area (Å²) in [4.78, 5) is 22.1. The van der Waals surface area contributed by atoms with Crippen molar-refractivity contribution in [1.82, 2.24) is 14.5 Å². The van der Waals surface area contributed by atoms with Crippen LogP contribution < -0.4 is 10.3 Å². The number of aromatic amines is 1. The lowest BCUT2D eigenvalue weighted by Crippen LogP contribution is -2.49. The smallest absolute Gasteiger partial charge is 0.199 e. The molecule has 0 spiro atoms. The van der Waals surface area contributed by atoms with Crippen LogP contribution in [0.1, 0.15) is 50.8 Å². The standard InChI is InChI=1S/C30H37FN4O2/c1-5-20-17-23-28(26(31)27(20)34-10-8-21(9-11-34)33-12-14-37-15-13-33)35(18(2)3)30-25(29(23)36)22-7-6-19(4)16-24(22)32-30/h6-7,16-18,21,32H,5,8-15H2,1-4H3. The highest BCUT2D eigenvalue weighted by atomic mass is 19.1. The number of ether oxygens (including phenoxy) is 1. The summed E-state index contributed by atoms with van der Waals surface area (Å²) < 4.78 is 24.3. The Morgan fingerprint density at radius 1 is 1.08 bits per heavy atom. The number of hydrogen-bond donors (Lipinski definition) is 1. The van der Waals surface area contributed by atoms with Crippen molar-refractivity contribution in [2.45, 2.75) is 59.0 Å². The Labute approximate surface area is 217 Å². The van der Waals surface area contributed by atoms with Gasteiger partial charge in [0, 0.05) is 54.6 Å². The third kappa shape index (κ3) is 3.94. The largest absolute Gasteiger partial charge is 0.379 e. The van der Waals surface area contributed by atoms with Crippen LogP contribution in [0.4, 0.5) is 10.1 Å². The summed E-state index contributed by atoms with van der Waals surface area (Å²) in [5.74, 6) is -0.262. The average molecular weight is 505 g/mol. The van der Waals surface area contributed by atoms with Crippen molar-refractivity contribution in [3.05, 3.63) is 51.4 Å². The lowest BCUT2D eigenvalue weighted by Gasteiger charge is -2.41. The van der Waals surface area contributed by atoms with E-state index in [4.69, 9.17) is 4.74 Å². The Kier molecular flexibility index (Phi) is 6.24. The highest BCUT2D eigenvalue weighted by Gasteiger charge is 2.30. The Hall–Kier alpha value is -2.90. The van der Waals surface area contributed by atoms with Crippen molar-refractivity contribution in [2.75, 3.05) is 44.3 Å². The number of hydrogen-bond acceptors (Lipinski definition) is 4. The molecule has 2 aromatic carbocycles. The molecular formula is C30H37FN4O2. The van der Waals surface area contributed by atoms with Gasteiger partial charge in [0.05, 0.1) is 29.8 Å². The normalized spacial score (nSPS) is 18.2. The van der Waals surface area contributed by atoms with Crippen LogP contribution in [0.25, 0.3) is 32.8 Å². The number of H-pyrrole nitrogens is 1. The molecule has 2 saturated heterocycles. The number of benzene rings is 2. The molecule has 0 aliphatic carbocycles. The number of anilines is 1. The zero-order valence-electron chi connectivity index (χ0n) is 22.4. The number of nitrogens with zero attached hydrogens (tertiary/aromatic N) is 3. The minimum absolute atomic E-state index is 0.0263. The number of fused-ring (bicyclic) bond motifs is 4. The Bertz CT molecular complexity index is 1540. The molecule has 6 rings (SSSR count). The molecule has 37 heavy (non-hydrogen) atoms. The zero-order chi connectivity index (χ0) is 25.8. The lowest BCUT2D eigenvalue weighted by atomic mass is 9.98. The zero-order valence-corrected chi connectivity index (χ0v) is 22.4. The van der Waals surface area contributed by atoms with E-state index in [1.807, 2.05) is 29.7 Å². The predicted octanol–water partition coefficient (Wildman–Crippen LogP) is 5.53. The number of nitrogens with one attached hydrogen (secondary N) is 1. The molecule has 0 unspecified atom stereocenters. The number of halogens is 1. The maximum absolute atomic E-state index is 16.8. The van der Waals surface area contributed by atoms with Crippen LogP contribution in [0.3, 0.4) is 0 Å². The van der Waals surface area contributed by atoms with Crippen LogP contribution in [0.2, 0.25) is 0 Å². The summed E-state index contributed by atoms with van der Waals surface area (Å²) in [6, 6.07) is 8.56. The number of aryl methyl sites for hydroxylation is 2. The maximum atomic E-state index is 16.8.